The largest absolute Gasteiger partial charge is 0.461 e. The van der Waals surface area contributed by atoms with Crippen molar-refractivity contribution in [2.75, 3.05) is 11.5 Å². The number of hydrogen-bond acceptors (Lipinski definition) is 6. The van der Waals surface area contributed by atoms with Gasteiger partial charge in [0.25, 0.3) is 11.8 Å². The van der Waals surface area contributed by atoms with Crippen molar-refractivity contribution in [2.24, 2.45) is 0 Å². The number of imide groups is 1. The molecule has 8 nitrogen and oxygen atoms in total. The quantitative estimate of drug-likeness (QED) is 0.562. The van der Waals surface area contributed by atoms with Crippen LogP contribution in [0.1, 0.15) is 65.5 Å². The molecule has 0 radical (unpaired) electrons. The van der Waals surface area contributed by atoms with Gasteiger partial charge in [0.2, 0.25) is 0 Å². The second kappa shape index (κ2) is 7.03. The number of rotatable bonds is 6. The average Bonchev–Trinajstić information content (AvgIpc) is 3.13. The molecule has 2 aromatic rings. The van der Waals surface area contributed by atoms with Crippen LogP contribution >= 0.6 is 0 Å². The molecule has 28 heavy (non-hydrogen) atoms. The molecule has 0 N–H and O–H groups in total. The van der Waals surface area contributed by atoms with Gasteiger partial charge in [-0.3, -0.25) is 19.1 Å². The van der Waals surface area contributed by atoms with Crippen molar-refractivity contribution in [3.05, 3.63) is 47.3 Å². The van der Waals surface area contributed by atoms with Crippen LogP contribution in [-0.2, 0) is 15.1 Å². The molecular formula is C20H21N3O5. The number of ether oxygens (including phenoxy) is 1. The second-order valence-corrected chi connectivity index (χ2v) is 7.18. The van der Waals surface area contributed by atoms with Crippen LogP contribution in [-0.4, -0.2) is 40.0 Å². The van der Waals surface area contributed by atoms with Crippen LogP contribution in [0.5, 0.6) is 0 Å². The number of amides is 2. The van der Waals surface area contributed by atoms with Crippen LogP contribution in [0.15, 0.2) is 30.3 Å². The Hall–Kier alpha value is -3.29. The van der Waals surface area contributed by atoms with Gasteiger partial charge < -0.3 is 4.74 Å². The number of benzene rings is 1. The lowest BCUT2D eigenvalue weighted by Crippen LogP contribution is -2.36. The van der Waals surface area contributed by atoms with Crippen LogP contribution in [0, 0.1) is 0 Å². The van der Waals surface area contributed by atoms with Gasteiger partial charge >= 0.3 is 5.97 Å². The SMILES string of the molecule is CCOC(=O)c1nn(C(C)(C)CC(C)=O)c2c1C(=O)N(c1ccccc1)C2=O. The molecule has 0 unspecified atom stereocenters. The lowest BCUT2D eigenvalue weighted by Gasteiger charge is -2.26. The number of Topliss-reactive ketones (excluding diaryl/α,β-unsaturated/α-hetero) is 1. The Labute approximate surface area is 162 Å². The summed E-state index contributed by atoms with van der Waals surface area (Å²) >= 11 is 0. The predicted molar refractivity (Wildman–Crippen MR) is 100 cm³/mol. The monoisotopic (exact) mass is 383 g/mol. The standard InChI is InChI=1S/C20H21N3O5/c1-5-28-19(27)15-14-16(23(21-15)20(3,4)11-12(2)24)18(26)22(17(14)25)13-9-7-6-8-10-13/h6-10H,5,11H2,1-4H3. The van der Waals surface area contributed by atoms with Gasteiger partial charge in [-0.05, 0) is 39.8 Å². The molecule has 2 heterocycles. The molecule has 8 heteroatoms. The highest BCUT2D eigenvalue weighted by Gasteiger charge is 2.47. The van der Waals surface area contributed by atoms with Crippen LogP contribution in [0.25, 0.3) is 0 Å². The van der Waals surface area contributed by atoms with Crippen molar-refractivity contribution in [3.8, 4) is 0 Å². The highest BCUT2D eigenvalue weighted by molar-refractivity contribution is 6.35. The number of ketones is 1. The third kappa shape index (κ3) is 3.11. The maximum absolute atomic E-state index is 13.2. The number of carbonyl (C=O) groups excluding carboxylic acids is 4. The Balaban J connectivity index is 2.20. The summed E-state index contributed by atoms with van der Waals surface area (Å²) in [6.45, 7) is 6.61. The molecule has 2 amide bonds. The topological polar surface area (TPSA) is 98.6 Å². The molecule has 1 aliphatic rings. The van der Waals surface area contributed by atoms with Gasteiger partial charge in [-0.2, -0.15) is 5.10 Å². The minimum Gasteiger partial charge on any atom is -0.461 e. The number of aromatic nitrogens is 2. The summed E-state index contributed by atoms with van der Waals surface area (Å²) in [5, 5.41) is 4.23. The summed E-state index contributed by atoms with van der Waals surface area (Å²) in [4.78, 5) is 51.4. The summed E-state index contributed by atoms with van der Waals surface area (Å²) in [5.74, 6) is -2.12. The van der Waals surface area contributed by atoms with Crippen LogP contribution < -0.4 is 4.90 Å². The zero-order valence-corrected chi connectivity index (χ0v) is 16.2. The molecule has 1 aromatic heterocycles. The number of nitrogens with zero attached hydrogens (tertiary/aromatic N) is 3. The average molecular weight is 383 g/mol. The molecule has 0 saturated carbocycles. The van der Waals surface area contributed by atoms with Gasteiger partial charge in [-0.25, -0.2) is 9.69 Å². The van der Waals surface area contributed by atoms with Gasteiger partial charge in [-0.15, -0.1) is 0 Å². The number of fused-ring (bicyclic) bond motifs is 1. The fourth-order valence-corrected chi connectivity index (χ4v) is 3.40. The van der Waals surface area contributed by atoms with E-state index in [0.29, 0.717) is 5.69 Å². The highest BCUT2D eigenvalue weighted by Crippen LogP contribution is 2.34. The second-order valence-electron chi connectivity index (χ2n) is 7.18. The Morgan fingerprint density at radius 2 is 1.75 bits per heavy atom. The normalized spacial score (nSPS) is 13.6. The minimum absolute atomic E-state index is 0.0110. The minimum atomic E-state index is -0.913. The summed E-state index contributed by atoms with van der Waals surface area (Å²) in [7, 11) is 0. The molecule has 0 fully saturated rings. The van der Waals surface area contributed by atoms with E-state index in [1.54, 1.807) is 51.1 Å². The van der Waals surface area contributed by atoms with Crippen LogP contribution in [0.4, 0.5) is 5.69 Å². The fourth-order valence-electron chi connectivity index (χ4n) is 3.40. The van der Waals surface area contributed by atoms with E-state index in [9.17, 15) is 19.2 Å². The van der Waals surface area contributed by atoms with E-state index in [2.05, 4.69) is 5.10 Å². The number of carbonyl (C=O) groups is 4. The van der Waals surface area contributed by atoms with E-state index in [4.69, 9.17) is 4.74 Å². The van der Waals surface area contributed by atoms with Gasteiger partial charge in [-0.1, -0.05) is 18.2 Å². The Morgan fingerprint density at radius 3 is 2.32 bits per heavy atom. The molecule has 146 valence electrons. The predicted octanol–water partition coefficient (Wildman–Crippen LogP) is 2.57. The molecule has 1 aliphatic heterocycles. The van der Waals surface area contributed by atoms with Crippen LogP contribution in [0.3, 0.4) is 0 Å². The van der Waals surface area contributed by atoms with Gasteiger partial charge in [0.05, 0.1) is 17.8 Å². The van der Waals surface area contributed by atoms with Crippen LogP contribution in [0.2, 0.25) is 0 Å². The molecule has 0 saturated heterocycles. The molecular weight excluding hydrogens is 362 g/mol. The maximum atomic E-state index is 13.2. The van der Waals surface area contributed by atoms with E-state index in [-0.39, 0.29) is 35.8 Å². The Morgan fingerprint density at radius 1 is 1.11 bits per heavy atom. The Kier molecular flexibility index (Phi) is 4.89. The van der Waals surface area contributed by atoms with E-state index >= 15 is 0 Å². The highest BCUT2D eigenvalue weighted by atomic mass is 16.5. The van der Waals surface area contributed by atoms with Crippen molar-refractivity contribution in [1.82, 2.24) is 9.78 Å². The van der Waals surface area contributed by atoms with Crippen molar-refractivity contribution in [1.29, 1.82) is 0 Å². The van der Waals surface area contributed by atoms with Gasteiger partial charge in [0.15, 0.2) is 5.69 Å². The molecule has 0 atom stereocenters. The van der Waals surface area contributed by atoms with Crippen molar-refractivity contribution in [3.63, 3.8) is 0 Å². The van der Waals surface area contributed by atoms with Crippen molar-refractivity contribution < 1.29 is 23.9 Å². The summed E-state index contributed by atoms with van der Waals surface area (Å²) in [6.07, 6.45) is 0.0796. The smallest absolute Gasteiger partial charge is 0.359 e. The van der Waals surface area contributed by atoms with E-state index < -0.39 is 23.3 Å². The van der Waals surface area contributed by atoms with E-state index in [0.717, 1.165) is 4.90 Å². The third-order valence-electron chi connectivity index (χ3n) is 4.45. The zero-order valence-electron chi connectivity index (χ0n) is 16.2. The lowest BCUT2D eigenvalue weighted by atomic mass is 9.98. The van der Waals surface area contributed by atoms with Gasteiger partial charge in [0, 0.05) is 6.42 Å². The van der Waals surface area contributed by atoms with E-state index in [1.165, 1.54) is 11.6 Å². The third-order valence-corrected chi connectivity index (χ3v) is 4.45. The molecule has 0 aliphatic carbocycles. The van der Waals surface area contributed by atoms with E-state index in [1.807, 2.05) is 0 Å². The molecule has 0 spiro atoms. The van der Waals surface area contributed by atoms with Crippen molar-refractivity contribution >= 4 is 29.3 Å². The van der Waals surface area contributed by atoms with Gasteiger partial charge in [0.1, 0.15) is 17.0 Å². The first-order valence-corrected chi connectivity index (χ1v) is 8.93. The maximum Gasteiger partial charge on any atom is 0.359 e. The number of para-hydroxylation sites is 1. The molecule has 3 rings (SSSR count). The summed E-state index contributed by atoms with van der Waals surface area (Å²) < 4.78 is 6.33. The molecule has 0 bridgehead atoms. The first kappa shape index (κ1) is 19.5. The summed E-state index contributed by atoms with van der Waals surface area (Å²) in [5.41, 5.74) is -0.847. The lowest BCUT2D eigenvalue weighted by molar-refractivity contribution is -0.118. The fraction of sp³-hybridized carbons (Fsp3) is 0.350. The number of anilines is 1. The number of hydrogen-bond donors (Lipinski definition) is 0. The zero-order chi connectivity index (χ0) is 20.6. The summed E-state index contributed by atoms with van der Waals surface area (Å²) in [6, 6.07) is 8.44. The first-order valence-electron chi connectivity index (χ1n) is 8.93. The van der Waals surface area contributed by atoms with Crippen molar-refractivity contribution in [2.45, 2.75) is 39.7 Å². The molecule has 1 aromatic carbocycles. The first-order chi connectivity index (χ1) is 13.2. The Bertz CT molecular complexity index is 975. The number of esters is 1.